The first-order valence-electron chi connectivity index (χ1n) is 15.4. The molecular weight excluding hydrogens is 448 g/mol. The zero-order chi connectivity index (χ0) is 26.4. The highest BCUT2D eigenvalue weighted by Gasteiger charge is 2.10. The summed E-state index contributed by atoms with van der Waals surface area (Å²) in [6.45, 7) is 6.57. The fraction of sp³-hybridized carbons (Fsp3) is 0.900. The van der Waals surface area contributed by atoms with Crippen LogP contribution in [0.3, 0.4) is 0 Å². The molecule has 0 aliphatic rings. The normalized spacial score (nSPS) is 12.4. The van der Waals surface area contributed by atoms with E-state index in [9.17, 15) is 4.79 Å². The van der Waals surface area contributed by atoms with Crippen LogP contribution in [0.2, 0.25) is 0 Å². The van der Waals surface area contributed by atoms with Crippen molar-refractivity contribution in [1.29, 1.82) is 0 Å². The van der Waals surface area contributed by atoms with Gasteiger partial charge in [0.2, 0.25) is 0 Å². The Bertz CT molecular complexity index is 474. The van der Waals surface area contributed by atoms with E-state index < -0.39 is 6.09 Å². The van der Waals surface area contributed by atoms with E-state index in [-0.39, 0.29) is 6.04 Å². The van der Waals surface area contributed by atoms with Crippen LogP contribution in [0.4, 0.5) is 4.79 Å². The largest absolute Gasteiger partial charge is 0.465 e. The lowest BCUT2D eigenvalue weighted by Crippen LogP contribution is -2.44. The molecule has 36 heavy (non-hydrogen) atoms. The Hall–Kier alpha value is -1.11. The van der Waals surface area contributed by atoms with E-state index in [2.05, 4.69) is 40.3 Å². The molecule has 1 atom stereocenters. The summed E-state index contributed by atoms with van der Waals surface area (Å²) >= 11 is 0. The molecular formula is C30H62N4O2. The number of carbonyl (C=O) groups is 1. The molecule has 0 radical (unpaired) electrons. The Morgan fingerprint density at radius 3 is 1.72 bits per heavy atom. The molecule has 0 spiro atoms. The maximum atomic E-state index is 11.0. The molecule has 214 valence electrons. The van der Waals surface area contributed by atoms with Gasteiger partial charge in [-0.25, -0.2) is 4.79 Å². The number of nitrogens with one attached hydrogen (secondary N) is 4. The summed E-state index contributed by atoms with van der Waals surface area (Å²) in [5.41, 5.74) is 0. The van der Waals surface area contributed by atoms with Gasteiger partial charge in [-0.05, 0) is 58.7 Å². The Morgan fingerprint density at radius 1 is 0.667 bits per heavy atom. The number of allylic oxidation sites excluding steroid dienone is 2. The number of carboxylic acid groups (broad SMARTS) is 1. The van der Waals surface area contributed by atoms with Crippen LogP contribution in [0.25, 0.3) is 0 Å². The monoisotopic (exact) mass is 510 g/mol. The molecule has 5 N–H and O–H groups in total. The Kier molecular flexibility index (Phi) is 29.2. The molecule has 0 saturated carbocycles. The van der Waals surface area contributed by atoms with E-state index in [1.54, 1.807) is 0 Å². The van der Waals surface area contributed by atoms with E-state index in [1.807, 2.05) is 7.05 Å². The lowest BCUT2D eigenvalue weighted by Gasteiger charge is -2.18. The van der Waals surface area contributed by atoms with Gasteiger partial charge in [0.15, 0.2) is 0 Å². The first-order chi connectivity index (χ1) is 17.7. The van der Waals surface area contributed by atoms with Crippen LogP contribution in [0.5, 0.6) is 0 Å². The quantitative estimate of drug-likeness (QED) is 0.0552. The van der Waals surface area contributed by atoms with Gasteiger partial charge in [-0.1, -0.05) is 103 Å². The molecule has 0 aromatic rings. The molecule has 1 amide bonds. The van der Waals surface area contributed by atoms with Crippen molar-refractivity contribution in [3.05, 3.63) is 12.2 Å². The second-order valence-electron chi connectivity index (χ2n) is 10.3. The molecule has 0 fully saturated rings. The molecule has 0 rings (SSSR count). The molecule has 6 heteroatoms. The topological polar surface area (TPSA) is 85.4 Å². The summed E-state index contributed by atoms with van der Waals surface area (Å²) in [5.74, 6) is 0. The van der Waals surface area contributed by atoms with Crippen molar-refractivity contribution in [3.63, 3.8) is 0 Å². The maximum absolute atomic E-state index is 11.0. The summed E-state index contributed by atoms with van der Waals surface area (Å²) in [6.07, 6.45) is 29.2. The minimum absolute atomic E-state index is 0.0433. The molecule has 0 saturated heterocycles. The number of amides is 1. The van der Waals surface area contributed by atoms with Crippen molar-refractivity contribution in [1.82, 2.24) is 21.3 Å². The molecule has 0 aromatic heterocycles. The summed E-state index contributed by atoms with van der Waals surface area (Å²) in [4.78, 5) is 11.0. The van der Waals surface area contributed by atoms with Crippen molar-refractivity contribution < 1.29 is 9.90 Å². The number of unbranched alkanes of at least 4 members (excludes halogenated alkanes) is 16. The zero-order valence-electron chi connectivity index (χ0n) is 24.1. The van der Waals surface area contributed by atoms with Crippen molar-refractivity contribution in [2.75, 3.05) is 39.8 Å². The van der Waals surface area contributed by atoms with Gasteiger partial charge in [0.05, 0.1) is 0 Å². The number of hydrogen-bond acceptors (Lipinski definition) is 4. The highest BCUT2D eigenvalue weighted by atomic mass is 16.4. The van der Waals surface area contributed by atoms with Crippen molar-refractivity contribution in [3.8, 4) is 0 Å². The van der Waals surface area contributed by atoms with Gasteiger partial charge < -0.3 is 26.4 Å². The molecule has 0 bridgehead atoms. The van der Waals surface area contributed by atoms with E-state index in [0.29, 0.717) is 6.54 Å². The van der Waals surface area contributed by atoms with Crippen LogP contribution in [0, 0.1) is 0 Å². The second-order valence-corrected chi connectivity index (χ2v) is 10.3. The van der Waals surface area contributed by atoms with Crippen LogP contribution in [0.1, 0.15) is 129 Å². The van der Waals surface area contributed by atoms with Gasteiger partial charge in [0.1, 0.15) is 0 Å². The minimum Gasteiger partial charge on any atom is -0.465 e. The van der Waals surface area contributed by atoms with Gasteiger partial charge in [0, 0.05) is 25.7 Å². The van der Waals surface area contributed by atoms with Gasteiger partial charge in [-0.2, -0.15) is 0 Å². The predicted octanol–water partition coefficient (Wildman–Crippen LogP) is 7.01. The van der Waals surface area contributed by atoms with Crippen LogP contribution in [-0.2, 0) is 0 Å². The van der Waals surface area contributed by atoms with Crippen molar-refractivity contribution in [2.24, 2.45) is 0 Å². The third-order valence-corrected chi connectivity index (χ3v) is 6.81. The van der Waals surface area contributed by atoms with Crippen LogP contribution >= 0.6 is 0 Å². The highest BCUT2D eigenvalue weighted by molar-refractivity contribution is 5.64. The molecule has 0 aliphatic heterocycles. The number of rotatable bonds is 29. The predicted molar refractivity (Wildman–Crippen MR) is 157 cm³/mol. The number of likely N-dealkylation sites (N-methyl/N-ethyl adjacent to an activating group) is 1. The summed E-state index contributed by atoms with van der Waals surface area (Å²) in [6, 6.07) is -0.0433. The van der Waals surface area contributed by atoms with E-state index in [1.165, 1.54) is 116 Å². The lowest BCUT2D eigenvalue weighted by atomic mass is 10.1. The van der Waals surface area contributed by atoms with E-state index >= 15 is 0 Å². The molecule has 0 heterocycles. The third-order valence-electron chi connectivity index (χ3n) is 6.81. The van der Waals surface area contributed by atoms with Gasteiger partial charge in [-0.3, -0.25) is 0 Å². The number of hydrogen-bond donors (Lipinski definition) is 5. The summed E-state index contributed by atoms with van der Waals surface area (Å²) < 4.78 is 0. The minimum atomic E-state index is -0.943. The molecule has 1 unspecified atom stereocenters. The standard InChI is InChI=1S/C30H62N4O2/c1-3-4-5-6-7-8-9-10-11-12-13-14-15-16-17-18-19-20-21-22-24-32-25-23-29(34-30(35)36)28-33-27-26-31-2/h10-11,29,31-34H,3-9,12-28H2,1-2H3,(H,35,36). The molecule has 0 aromatic carbocycles. The maximum Gasteiger partial charge on any atom is 0.404 e. The van der Waals surface area contributed by atoms with Crippen LogP contribution in [-0.4, -0.2) is 57.0 Å². The fourth-order valence-electron chi connectivity index (χ4n) is 4.50. The first-order valence-corrected chi connectivity index (χ1v) is 15.4. The SMILES string of the molecule is CCCCCCCCC=CCCCCCCCCCCCCNCCC(CNCCNC)NC(=O)O. The smallest absolute Gasteiger partial charge is 0.404 e. The second kappa shape index (κ2) is 30.1. The van der Waals surface area contributed by atoms with Crippen LogP contribution in [0.15, 0.2) is 12.2 Å². The van der Waals surface area contributed by atoms with Gasteiger partial charge in [-0.15, -0.1) is 0 Å². The Morgan fingerprint density at radius 2 is 1.19 bits per heavy atom. The molecule has 0 aliphatic carbocycles. The Labute approximate surface area is 224 Å². The van der Waals surface area contributed by atoms with Crippen molar-refractivity contribution >= 4 is 6.09 Å². The van der Waals surface area contributed by atoms with E-state index in [0.717, 1.165) is 32.6 Å². The Balaban J connectivity index is 3.32. The zero-order valence-corrected chi connectivity index (χ0v) is 24.1. The fourth-order valence-corrected chi connectivity index (χ4v) is 4.50. The van der Waals surface area contributed by atoms with Gasteiger partial charge in [0.25, 0.3) is 0 Å². The van der Waals surface area contributed by atoms with Crippen molar-refractivity contribution in [2.45, 2.75) is 135 Å². The van der Waals surface area contributed by atoms with Crippen LogP contribution < -0.4 is 21.3 Å². The highest BCUT2D eigenvalue weighted by Crippen LogP contribution is 2.12. The molecule has 6 nitrogen and oxygen atoms in total. The third kappa shape index (κ3) is 29.1. The summed E-state index contributed by atoms with van der Waals surface area (Å²) in [5, 5.41) is 21.4. The average molecular weight is 511 g/mol. The summed E-state index contributed by atoms with van der Waals surface area (Å²) in [7, 11) is 1.91. The average Bonchev–Trinajstić information content (AvgIpc) is 2.86. The lowest BCUT2D eigenvalue weighted by molar-refractivity contribution is 0.188. The van der Waals surface area contributed by atoms with E-state index in [4.69, 9.17) is 5.11 Å². The first kappa shape index (κ1) is 34.9. The van der Waals surface area contributed by atoms with Gasteiger partial charge >= 0.3 is 6.09 Å².